The average molecular weight is 50.0 g/mol. The molecule has 0 bridgehead atoms. The molecule has 1 nitrogen and oxygen atoms in total. The first-order chi connectivity index (χ1) is 1.41. The molecule has 0 heterocycles. The quantitative estimate of drug-likeness (QED) is 0.183. The maximum atomic E-state index is 7.21. The molecule has 0 spiro atoms. The van der Waals surface area contributed by atoms with Gasteiger partial charge in [0, 0.05) is 0 Å². The monoisotopic (exact) mass is 50.0 g/mol. The summed E-state index contributed by atoms with van der Waals surface area (Å²) in [5.41, 5.74) is 0. The zero-order valence-corrected chi connectivity index (χ0v) is 2.65. The van der Waals surface area contributed by atoms with Crippen molar-refractivity contribution in [3.63, 3.8) is 0 Å². The van der Waals surface area contributed by atoms with Crippen LogP contribution in [0.1, 0.15) is 0 Å². The summed E-state index contributed by atoms with van der Waals surface area (Å²) >= 11 is 0. The molecule has 0 unspecified atom stereocenters. The van der Waals surface area contributed by atoms with Crippen LogP contribution in [0.5, 0.6) is 0 Å². The Labute approximate surface area is 37.5 Å². The van der Waals surface area contributed by atoms with Crippen molar-refractivity contribution >= 4 is 0 Å². The van der Waals surface area contributed by atoms with E-state index in [1.807, 2.05) is 0 Å². The molecule has 2 heteroatoms. The summed E-state index contributed by atoms with van der Waals surface area (Å²) in [5, 5.41) is 7.21. The summed E-state index contributed by atoms with van der Waals surface area (Å²) in [4.78, 5) is 0. The molecule has 0 aliphatic carbocycles. The zero-order chi connectivity index (χ0) is 2.71. The van der Waals surface area contributed by atoms with Crippen LogP contribution in [0.4, 0.5) is 0 Å². The molecule has 0 aromatic rings. The van der Waals surface area contributed by atoms with Crippen LogP contribution in [0.15, 0.2) is 6.58 Å². The van der Waals surface area contributed by atoms with Gasteiger partial charge in [-0.1, -0.05) is 0 Å². The van der Waals surface area contributed by atoms with Gasteiger partial charge in [-0.2, -0.15) is 0 Å². The minimum atomic E-state index is 0. The fourth-order valence-electron chi connectivity index (χ4n) is 0. The summed E-state index contributed by atoms with van der Waals surface area (Å²) in [6.07, 6.45) is 1.50. The van der Waals surface area contributed by atoms with Gasteiger partial charge in [0.1, 0.15) is 0 Å². The molecule has 0 radical (unpaired) electrons. The Morgan fingerprint density at radius 1 is 1.75 bits per heavy atom. The van der Waals surface area contributed by atoms with Crippen LogP contribution in [0.3, 0.4) is 0 Å². The molecule has 0 aliphatic rings. The summed E-state index contributed by atoms with van der Waals surface area (Å²) in [7, 11) is 0. The van der Waals surface area contributed by atoms with E-state index >= 15 is 0 Å². The van der Waals surface area contributed by atoms with E-state index in [4.69, 9.17) is 5.11 Å². The van der Waals surface area contributed by atoms with E-state index in [-0.39, 0.29) is 18.9 Å². The van der Waals surface area contributed by atoms with Gasteiger partial charge >= 0.3 is 18.9 Å². The van der Waals surface area contributed by atoms with Crippen LogP contribution in [-0.2, 0) is 0 Å². The SMILES string of the molecule is C=[C-]O.[Li+]. The predicted molar refractivity (Wildman–Crippen MR) is 11.5 cm³/mol. The van der Waals surface area contributed by atoms with Crippen molar-refractivity contribution in [1.29, 1.82) is 0 Å². The number of hydrogen-bond acceptors (Lipinski definition) is 1. The van der Waals surface area contributed by atoms with E-state index in [0.29, 0.717) is 0 Å². The van der Waals surface area contributed by atoms with Crippen LogP contribution < -0.4 is 18.9 Å². The summed E-state index contributed by atoms with van der Waals surface area (Å²) in [5.74, 6) is 0. The second kappa shape index (κ2) is 11.1. The van der Waals surface area contributed by atoms with Crippen LogP contribution in [0, 0.1) is 6.26 Å². The zero-order valence-electron chi connectivity index (χ0n) is 2.65. The molecule has 0 saturated heterocycles. The second-order valence-corrected chi connectivity index (χ2v) is 0.158. The van der Waals surface area contributed by atoms with Crippen molar-refractivity contribution in [2.24, 2.45) is 0 Å². The van der Waals surface area contributed by atoms with Crippen molar-refractivity contribution < 1.29 is 24.0 Å². The molecular formula is C2H3LiO. The van der Waals surface area contributed by atoms with Crippen LogP contribution in [0.2, 0.25) is 0 Å². The van der Waals surface area contributed by atoms with Crippen molar-refractivity contribution in [2.75, 3.05) is 0 Å². The van der Waals surface area contributed by atoms with Crippen molar-refractivity contribution in [3.05, 3.63) is 12.8 Å². The van der Waals surface area contributed by atoms with Gasteiger partial charge in [0.05, 0.1) is 0 Å². The molecule has 0 atom stereocenters. The van der Waals surface area contributed by atoms with Gasteiger partial charge < -0.3 is 11.4 Å². The Morgan fingerprint density at radius 2 is 1.75 bits per heavy atom. The first kappa shape index (κ1) is 8.91. The minimum absolute atomic E-state index is 0. The van der Waals surface area contributed by atoms with E-state index in [9.17, 15) is 0 Å². The van der Waals surface area contributed by atoms with Gasteiger partial charge in [-0.05, 0) is 0 Å². The molecule has 0 amide bonds. The Morgan fingerprint density at radius 3 is 1.75 bits per heavy atom. The van der Waals surface area contributed by atoms with Crippen molar-refractivity contribution in [3.8, 4) is 0 Å². The molecule has 0 aliphatic heterocycles. The minimum Gasteiger partial charge on any atom is -0.706 e. The number of rotatable bonds is 0. The van der Waals surface area contributed by atoms with Gasteiger partial charge in [0.15, 0.2) is 0 Å². The number of aliphatic hydroxyl groups excluding tert-OH is 1. The van der Waals surface area contributed by atoms with Gasteiger partial charge in [-0.25, -0.2) is 6.58 Å². The van der Waals surface area contributed by atoms with Crippen molar-refractivity contribution in [1.82, 2.24) is 0 Å². The van der Waals surface area contributed by atoms with E-state index < -0.39 is 0 Å². The fraction of sp³-hybridized carbons (Fsp3) is 0. The maximum Gasteiger partial charge on any atom is 1.00 e. The Kier molecular flexibility index (Phi) is 24.7. The first-order valence-corrected chi connectivity index (χ1v) is 0.577. The number of hydrogen-bond donors (Lipinski definition) is 1. The predicted octanol–water partition coefficient (Wildman–Crippen LogP) is -2.50. The molecule has 0 aromatic carbocycles. The summed E-state index contributed by atoms with van der Waals surface area (Å²) in [6, 6.07) is 0. The van der Waals surface area contributed by atoms with E-state index in [2.05, 4.69) is 6.58 Å². The molecular weight excluding hydrogens is 47.0 g/mol. The molecule has 0 saturated carbocycles. The van der Waals surface area contributed by atoms with Gasteiger partial charge in [-0.15, -0.1) is 0 Å². The summed E-state index contributed by atoms with van der Waals surface area (Å²) in [6.45, 7) is 2.79. The van der Waals surface area contributed by atoms with E-state index in [0.717, 1.165) is 0 Å². The molecule has 1 N–H and O–H groups in total. The third-order valence-corrected chi connectivity index (χ3v) is 0. The number of aliphatic hydroxyl groups is 1. The Hall–Kier alpha value is 0.137. The first-order valence-electron chi connectivity index (χ1n) is 0.577. The molecule has 18 valence electrons. The Balaban J connectivity index is 0. The molecule has 0 rings (SSSR count). The summed E-state index contributed by atoms with van der Waals surface area (Å²) < 4.78 is 0. The van der Waals surface area contributed by atoms with Crippen molar-refractivity contribution in [2.45, 2.75) is 0 Å². The van der Waals surface area contributed by atoms with Gasteiger partial charge in [0.25, 0.3) is 0 Å². The van der Waals surface area contributed by atoms with Gasteiger partial charge in [0.2, 0.25) is 0 Å². The second-order valence-electron chi connectivity index (χ2n) is 0.158. The Bertz CT molecular complexity index is 13.5. The van der Waals surface area contributed by atoms with Crippen LogP contribution >= 0.6 is 0 Å². The molecule has 0 aromatic heterocycles. The van der Waals surface area contributed by atoms with Gasteiger partial charge in [-0.3, -0.25) is 0 Å². The van der Waals surface area contributed by atoms with Crippen LogP contribution in [0.25, 0.3) is 0 Å². The normalized spacial score (nSPS) is 3.00. The van der Waals surface area contributed by atoms with E-state index in [1.54, 1.807) is 0 Å². The fourth-order valence-corrected chi connectivity index (χ4v) is 0. The average Bonchev–Trinajstić information content (AvgIpc) is 0.918. The third kappa shape index (κ3) is 146. The standard InChI is InChI=1S/C2H3O.Li/c1-2-3;/h3H,1H2;/q-1;+1. The maximum absolute atomic E-state index is 7.21. The topological polar surface area (TPSA) is 20.2 Å². The smallest absolute Gasteiger partial charge is 0.706 e. The third-order valence-electron chi connectivity index (χ3n) is 0. The van der Waals surface area contributed by atoms with Crippen LogP contribution in [-0.4, -0.2) is 5.11 Å². The molecule has 0 fully saturated rings. The largest absolute Gasteiger partial charge is 1.00 e. The molecule has 4 heavy (non-hydrogen) atoms. The van der Waals surface area contributed by atoms with E-state index in [1.165, 1.54) is 6.26 Å².